The minimum Gasteiger partial charge on any atom is -0.406 e. The topological polar surface area (TPSA) is 53.7 Å². The van der Waals surface area contributed by atoms with Gasteiger partial charge in [0.25, 0.3) is 0 Å². The van der Waals surface area contributed by atoms with Crippen molar-refractivity contribution in [2.75, 3.05) is 6.54 Å². The van der Waals surface area contributed by atoms with Crippen LogP contribution in [-0.4, -0.2) is 25.6 Å². The van der Waals surface area contributed by atoms with E-state index >= 15 is 0 Å². The van der Waals surface area contributed by atoms with Crippen LogP contribution < -0.4 is 19.9 Å². The van der Waals surface area contributed by atoms with Gasteiger partial charge in [-0.25, -0.2) is 0 Å². The van der Waals surface area contributed by atoms with Crippen LogP contribution in [0.15, 0.2) is 12.1 Å². The summed E-state index contributed by atoms with van der Waals surface area (Å²) in [5.74, 6) is -4.01. The van der Waals surface area contributed by atoms with Gasteiger partial charge in [0.1, 0.15) is 17.2 Å². The number of nitrogens with two attached hydrogens (primary N) is 1. The van der Waals surface area contributed by atoms with Crippen LogP contribution in [0.2, 0.25) is 0 Å². The number of halogens is 9. The summed E-state index contributed by atoms with van der Waals surface area (Å²) in [6, 6.07) is 0.430. The quantitative estimate of drug-likeness (QED) is 0.467. The van der Waals surface area contributed by atoms with E-state index in [4.69, 9.17) is 5.73 Å². The SMILES string of the molecule is CC(CN)CC(C)CCc1c(OC(F)(F)F)cc(OC(F)(F)F)cc1OC(F)(F)F. The van der Waals surface area contributed by atoms with E-state index in [-0.39, 0.29) is 36.8 Å². The molecule has 0 aliphatic heterocycles. The Morgan fingerprint density at radius 1 is 0.767 bits per heavy atom. The van der Waals surface area contributed by atoms with E-state index in [1.165, 1.54) is 0 Å². The number of rotatable bonds is 9. The van der Waals surface area contributed by atoms with Crippen LogP contribution in [0.25, 0.3) is 0 Å². The van der Waals surface area contributed by atoms with Crippen LogP contribution in [0.5, 0.6) is 17.2 Å². The van der Waals surface area contributed by atoms with Crippen molar-refractivity contribution < 1.29 is 53.7 Å². The highest BCUT2D eigenvalue weighted by atomic mass is 19.4. The Balaban J connectivity index is 3.36. The molecule has 0 aliphatic carbocycles. The fourth-order valence-corrected chi connectivity index (χ4v) is 2.76. The second kappa shape index (κ2) is 9.84. The number of alkyl halides is 9. The second-order valence-electron chi connectivity index (χ2n) is 6.76. The molecule has 174 valence electrons. The van der Waals surface area contributed by atoms with Crippen LogP contribution in [-0.2, 0) is 6.42 Å². The molecular weight excluding hydrogens is 437 g/mol. The van der Waals surface area contributed by atoms with Gasteiger partial charge in [-0.2, -0.15) is 0 Å². The van der Waals surface area contributed by atoms with E-state index < -0.39 is 41.9 Å². The van der Waals surface area contributed by atoms with Gasteiger partial charge < -0.3 is 19.9 Å². The summed E-state index contributed by atoms with van der Waals surface area (Å²) in [4.78, 5) is 0. The third-order valence-electron chi connectivity index (χ3n) is 3.92. The molecule has 13 heteroatoms. The molecule has 0 radical (unpaired) electrons. The second-order valence-corrected chi connectivity index (χ2v) is 6.76. The van der Waals surface area contributed by atoms with Gasteiger partial charge in [0.05, 0.1) is 0 Å². The van der Waals surface area contributed by atoms with Gasteiger partial charge in [-0.05, 0) is 37.6 Å². The molecule has 0 aromatic heterocycles. The van der Waals surface area contributed by atoms with Crippen LogP contribution in [0.1, 0.15) is 32.3 Å². The number of ether oxygens (including phenoxy) is 3. The average Bonchev–Trinajstić information content (AvgIpc) is 2.49. The van der Waals surface area contributed by atoms with Crippen molar-refractivity contribution >= 4 is 0 Å². The maximum absolute atomic E-state index is 12.7. The molecule has 2 atom stereocenters. The lowest BCUT2D eigenvalue weighted by molar-refractivity contribution is -0.278. The summed E-state index contributed by atoms with van der Waals surface area (Å²) in [6.07, 6.45) is -15.9. The Hall–Kier alpha value is -2.05. The Bertz CT molecular complexity index is 650. The minimum absolute atomic E-state index is 0.0550. The van der Waals surface area contributed by atoms with Gasteiger partial charge in [0.2, 0.25) is 0 Å². The van der Waals surface area contributed by atoms with Gasteiger partial charge in [-0.3, -0.25) is 0 Å². The third-order valence-corrected chi connectivity index (χ3v) is 3.92. The number of hydrogen-bond acceptors (Lipinski definition) is 4. The van der Waals surface area contributed by atoms with Crippen molar-refractivity contribution in [3.05, 3.63) is 17.7 Å². The summed E-state index contributed by atoms with van der Waals surface area (Å²) >= 11 is 0. The first-order chi connectivity index (χ1) is 13.5. The molecule has 0 heterocycles. The van der Waals surface area contributed by atoms with Gasteiger partial charge in [-0.15, -0.1) is 39.5 Å². The smallest absolute Gasteiger partial charge is 0.406 e. The van der Waals surface area contributed by atoms with Gasteiger partial charge >= 0.3 is 19.1 Å². The normalized spacial score (nSPS) is 14.9. The zero-order chi connectivity index (χ0) is 23.3. The molecule has 2 unspecified atom stereocenters. The Morgan fingerprint density at radius 2 is 1.20 bits per heavy atom. The molecule has 30 heavy (non-hydrogen) atoms. The lowest BCUT2D eigenvalue weighted by atomic mass is 9.91. The van der Waals surface area contributed by atoms with Crippen LogP contribution >= 0.6 is 0 Å². The van der Waals surface area contributed by atoms with Crippen molar-refractivity contribution in [2.45, 2.75) is 52.2 Å². The molecule has 0 spiro atoms. The molecule has 0 aliphatic rings. The molecule has 4 nitrogen and oxygen atoms in total. The summed E-state index contributed by atoms with van der Waals surface area (Å²) in [7, 11) is 0. The molecule has 1 aromatic carbocycles. The first-order valence-corrected chi connectivity index (χ1v) is 8.63. The fourth-order valence-electron chi connectivity index (χ4n) is 2.76. The third kappa shape index (κ3) is 10.1. The lowest BCUT2D eigenvalue weighted by Crippen LogP contribution is -2.22. The summed E-state index contributed by atoms with van der Waals surface area (Å²) in [5, 5.41) is 0. The first-order valence-electron chi connectivity index (χ1n) is 8.63. The molecule has 1 rings (SSSR count). The highest BCUT2D eigenvalue weighted by Crippen LogP contribution is 2.41. The summed E-state index contributed by atoms with van der Waals surface area (Å²) in [6.45, 7) is 3.86. The van der Waals surface area contributed by atoms with Gasteiger partial charge in [0, 0.05) is 17.7 Å². The van der Waals surface area contributed by atoms with Gasteiger partial charge in [0.15, 0.2) is 0 Å². The molecule has 1 aromatic rings. The molecule has 0 saturated heterocycles. The van der Waals surface area contributed by atoms with Gasteiger partial charge in [-0.1, -0.05) is 13.8 Å². The van der Waals surface area contributed by atoms with Crippen molar-refractivity contribution in [1.82, 2.24) is 0 Å². The zero-order valence-electron chi connectivity index (χ0n) is 15.8. The number of hydrogen-bond donors (Lipinski definition) is 1. The van der Waals surface area contributed by atoms with E-state index in [1.807, 2.05) is 6.92 Å². The molecule has 0 amide bonds. The maximum Gasteiger partial charge on any atom is 0.573 e. The predicted molar refractivity (Wildman–Crippen MR) is 86.8 cm³/mol. The molecular formula is C17H20F9NO3. The standard InChI is InChI=1S/C17H20F9NO3/c1-9(5-10(2)8-27)3-4-12-13(29-16(21,22)23)6-11(28-15(18,19)20)7-14(12)30-17(24,25)26/h6-7,9-10H,3-5,8,27H2,1-2H3. The van der Waals surface area contributed by atoms with E-state index in [0.29, 0.717) is 13.0 Å². The van der Waals surface area contributed by atoms with Crippen molar-refractivity contribution in [2.24, 2.45) is 17.6 Å². The van der Waals surface area contributed by atoms with E-state index in [2.05, 4.69) is 14.2 Å². The monoisotopic (exact) mass is 457 g/mol. The van der Waals surface area contributed by atoms with E-state index in [1.54, 1.807) is 6.92 Å². The highest BCUT2D eigenvalue weighted by molar-refractivity contribution is 5.51. The largest absolute Gasteiger partial charge is 0.573 e. The van der Waals surface area contributed by atoms with Crippen LogP contribution in [0, 0.1) is 11.8 Å². The van der Waals surface area contributed by atoms with Crippen LogP contribution in [0.3, 0.4) is 0 Å². The molecule has 0 saturated carbocycles. The zero-order valence-corrected chi connectivity index (χ0v) is 15.8. The average molecular weight is 457 g/mol. The summed E-state index contributed by atoms with van der Waals surface area (Å²) in [5.41, 5.74) is 4.80. The van der Waals surface area contributed by atoms with Crippen molar-refractivity contribution in [3.63, 3.8) is 0 Å². The number of benzene rings is 1. The highest BCUT2D eigenvalue weighted by Gasteiger charge is 2.38. The van der Waals surface area contributed by atoms with E-state index in [0.717, 1.165) is 0 Å². The maximum atomic E-state index is 12.7. The Morgan fingerprint density at radius 3 is 1.57 bits per heavy atom. The van der Waals surface area contributed by atoms with E-state index in [9.17, 15) is 39.5 Å². The van der Waals surface area contributed by atoms with Crippen molar-refractivity contribution in [1.29, 1.82) is 0 Å². The Kier molecular flexibility index (Phi) is 8.52. The van der Waals surface area contributed by atoms with Crippen LogP contribution in [0.4, 0.5) is 39.5 Å². The lowest BCUT2D eigenvalue weighted by Gasteiger charge is -2.21. The first kappa shape index (κ1) is 26.0. The molecule has 0 fully saturated rings. The Labute approximate surface area is 166 Å². The molecule has 2 N–H and O–H groups in total. The fraction of sp³-hybridized carbons (Fsp3) is 0.647. The summed E-state index contributed by atoms with van der Waals surface area (Å²) < 4.78 is 124. The molecule has 0 bridgehead atoms. The minimum atomic E-state index is -5.37. The predicted octanol–water partition coefficient (Wildman–Crippen LogP) is 5.94. The van der Waals surface area contributed by atoms with Crippen molar-refractivity contribution in [3.8, 4) is 17.2 Å².